The molecule has 0 radical (unpaired) electrons. The minimum Gasteiger partial charge on any atom is -0.349 e. The Morgan fingerprint density at radius 3 is 2.12 bits per heavy atom. The van der Waals surface area contributed by atoms with Gasteiger partial charge in [0.25, 0.3) is 0 Å². The number of hydrogen-bond acceptors (Lipinski definition) is 3. The maximum Gasteiger partial charge on any atom is 0.231 e. The van der Waals surface area contributed by atoms with Crippen molar-refractivity contribution in [2.75, 3.05) is 6.26 Å². The van der Waals surface area contributed by atoms with Crippen LogP contribution in [-0.4, -0.2) is 20.6 Å². The van der Waals surface area contributed by atoms with Crippen molar-refractivity contribution >= 4 is 31.7 Å². The molecule has 2 aromatic carbocycles. The molecule has 0 saturated heterocycles. The highest BCUT2D eigenvalue weighted by molar-refractivity contribution is 9.10. The molecule has 3 rings (SSSR count). The van der Waals surface area contributed by atoms with Crippen molar-refractivity contribution < 1.29 is 13.2 Å². The molecule has 0 aromatic heterocycles. The molecule has 1 amide bonds. The van der Waals surface area contributed by atoms with Crippen molar-refractivity contribution in [1.29, 1.82) is 0 Å². The fourth-order valence-corrected chi connectivity index (χ4v) is 3.86. The predicted molar refractivity (Wildman–Crippen MR) is 101 cm³/mol. The fraction of sp³-hybridized carbons (Fsp3) is 0.316. The highest BCUT2D eigenvalue weighted by atomic mass is 79.9. The van der Waals surface area contributed by atoms with E-state index in [0.29, 0.717) is 0 Å². The Bertz CT molecular complexity index is 885. The van der Waals surface area contributed by atoms with Crippen molar-refractivity contribution in [2.24, 2.45) is 0 Å². The van der Waals surface area contributed by atoms with E-state index < -0.39 is 15.3 Å². The molecule has 1 atom stereocenters. The smallest absolute Gasteiger partial charge is 0.231 e. The van der Waals surface area contributed by atoms with Crippen LogP contribution in [0.4, 0.5) is 0 Å². The number of hydrogen-bond donors (Lipinski definition) is 1. The van der Waals surface area contributed by atoms with E-state index in [9.17, 15) is 13.2 Å². The SMILES string of the molecule is CC(NC(=O)C1(c2ccc(Br)cc2)CC1)c1ccc(S(C)(=O)=O)cc1. The first kappa shape index (κ1) is 18.1. The van der Waals surface area contributed by atoms with Gasteiger partial charge in [0.2, 0.25) is 5.91 Å². The number of sulfone groups is 1. The molecule has 1 fully saturated rings. The van der Waals surface area contributed by atoms with Crippen LogP contribution in [0.2, 0.25) is 0 Å². The van der Waals surface area contributed by atoms with E-state index >= 15 is 0 Å². The van der Waals surface area contributed by atoms with Gasteiger partial charge < -0.3 is 5.32 Å². The molecule has 0 spiro atoms. The first-order valence-corrected chi connectivity index (χ1v) is 10.8. The van der Waals surface area contributed by atoms with Crippen LogP contribution in [0.15, 0.2) is 57.9 Å². The molecule has 0 aliphatic heterocycles. The molecule has 132 valence electrons. The second kappa shape index (κ2) is 6.57. The lowest BCUT2D eigenvalue weighted by Crippen LogP contribution is -2.36. The third-order valence-electron chi connectivity index (χ3n) is 4.74. The molecule has 0 bridgehead atoms. The summed E-state index contributed by atoms with van der Waals surface area (Å²) in [6.45, 7) is 1.91. The molecule has 1 aliphatic carbocycles. The van der Waals surface area contributed by atoms with Crippen molar-refractivity contribution in [3.05, 3.63) is 64.1 Å². The molecule has 0 heterocycles. The van der Waals surface area contributed by atoms with Gasteiger partial charge in [-0.15, -0.1) is 0 Å². The number of halogens is 1. The zero-order chi connectivity index (χ0) is 18.2. The molecule has 25 heavy (non-hydrogen) atoms. The first-order valence-electron chi connectivity index (χ1n) is 8.09. The van der Waals surface area contributed by atoms with Crippen LogP contribution in [0.5, 0.6) is 0 Å². The van der Waals surface area contributed by atoms with Crippen LogP contribution in [0, 0.1) is 0 Å². The molecule has 1 N–H and O–H groups in total. The number of carbonyl (C=O) groups is 1. The summed E-state index contributed by atoms with van der Waals surface area (Å²) in [5.74, 6) is 0.0227. The van der Waals surface area contributed by atoms with Crippen molar-refractivity contribution in [3.8, 4) is 0 Å². The maximum absolute atomic E-state index is 12.8. The topological polar surface area (TPSA) is 63.2 Å². The van der Waals surface area contributed by atoms with Crippen LogP contribution in [0.1, 0.15) is 36.9 Å². The monoisotopic (exact) mass is 421 g/mol. The Morgan fingerprint density at radius 1 is 1.08 bits per heavy atom. The average Bonchev–Trinajstić information content (AvgIpc) is 3.36. The summed E-state index contributed by atoms with van der Waals surface area (Å²) in [6, 6.07) is 14.4. The van der Waals surface area contributed by atoms with Crippen LogP contribution in [-0.2, 0) is 20.0 Å². The highest BCUT2D eigenvalue weighted by Crippen LogP contribution is 2.48. The van der Waals surface area contributed by atoms with Crippen LogP contribution in [0.3, 0.4) is 0 Å². The van der Waals surface area contributed by atoms with Gasteiger partial charge in [0, 0.05) is 10.7 Å². The van der Waals surface area contributed by atoms with Crippen molar-refractivity contribution in [1.82, 2.24) is 5.32 Å². The quantitative estimate of drug-likeness (QED) is 0.798. The van der Waals surface area contributed by atoms with E-state index in [0.717, 1.165) is 28.4 Å². The van der Waals surface area contributed by atoms with Gasteiger partial charge >= 0.3 is 0 Å². The summed E-state index contributed by atoms with van der Waals surface area (Å²) in [5, 5.41) is 3.07. The molecular weight excluding hydrogens is 402 g/mol. The predicted octanol–water partition coefficient (Wildman–Crippen LogP) is 3.76. The fourth-order valence-electron chi connectivity index (χ4n) is 2.96. The largest absolute Gasteiger partial charge is 0.349 e. The number of amides is 1. The number of nitrogens with one attached hydrogen (secondary N) is 1. The molecule has 2 aromatic rings. The molecule has 1 saturated carbocycles. The number of carbonyl (C=O) groups excluding carboxylic acids is 1. The summed E-state index contributed by atoms with van der Waals surface area (Å²) in [6.07, 6.45) is 2.88. The Hall–Kier alpha value is -1.66. The zero-order valence-electron chi connectivity index (χ0n) is 14.1. The van der Waals surface area contributed by atoms with E-state index in [-0.39, 0.29) is 16.8 Å². The van der Waals surface area contributed by atoms with Gasteiger partial charge in [-0.2, -0.15) is 0 Å². The second-order valence-electron chi connectivity index (χ2n) is 6.63. The summed E-state index contributed by atoms with van der Waals surface area (Å²) in [5.41, 5.74) is 1.49. The lowest BCUT2D eigenvalue weighted by Gasteiger charge is -2.20. The second-order valence-corrected chi connectivity index (χ2v) is 9.56. The summed E-state index contributed by atoms with van der Waals surface area (Å²) in [7, 11) is -3.21. The Morgan fingerprint density at radius 2 is 1.64 bits per heavy atom. The third-order valence-corrected chi connectivity index (χ3v) is 6.39. The number of rotatable bonds is 5. The van der Waals surface area contributed by atoms with Crippen molar-refractivity contribution in [2.45, 2.75) is 36.1 Å². The highest BCUT2D eigenvalue weighted by Gasteiger charge is 2.51. The van der Waals surface area contributed by atoms with E-state index in [1.807, 2.05) is 31.2 Å². The minimum atomic E-state index is -3.21. The van der Waals surface area contributed by atoms with E-state index in [4.69, 9.17) is 0 Å². The Balaban J connectivity index is 1.73. The van der Waals surface area contributed by atoms with Gasteiger partial charge in [-0.05, 0) is 55.2 Å². The third kappa shape index (κ3) is 3.80. The number of benzene rings is 2. The van der Waals surface area contributed by atoms with E-state index in [1.165, 1.54) is 6.26 Å². The van der Waals surface area contributed by atoms with Gasteiger partial charge in [-0.1, -0.05) is 40.2 Å². The van der Waals surface area contributed by atoms with Gasteiger partial charge in [0.15, 0.2) is 9.84 Å². The van der Waals surface area contributed by atoms with Gasteiger partial charge in [0.1, 0.15) is 0 Å². The normalized spacial score (nSPS) is 16.9. The minimum absolute atomic E-state index is 0.0227. The van der Waals surface area contributed by atoms with Crippen LogP contribution < -0.4 is 5.32 Å². The maximum atomic E-state index is 12.8. The van der Waals surface area contributed by atoms with Crippen LogP contribution in [0.25, 0.3) is 0 Å². The van der Waals surface area contributed by atoms with E-state index in [1.54, 1.807) is 24.3 Å². The molecule has 1 aliphatic rings. The Kier molecular flexibility index (Phi) is 4.77. The molecule has 1 unspecified atom stereocenters. The molecule has 4 nitrogen and oxygen atoms in total. The van der Waals surface area contributed by atoms with Crippen molar-refractivity contribution in [3.63, 3.8) is 0 Å². The average molecular weight is 422 g/mol. The van der Waals surface area contributed by atoms with Gasteiger partial charge in [-0.25, -0.2) is 8.42 Å². The zero-order valence-corrected chi connectivity index (χ0v) is 16.5. The van der Waals surface area contributed by atoms with Gasteiger partial charge in [0.05, 0.1) is 16.4 Å². The lowest BCUT2D eigenvalue weighted by molar-refractivity contribution is -0.124. The standard InChI is InChI=1S/C19H20BrNO3S/c1-13(14-3-9-17(10-4-14)25(2,23)24)21-18(22)19(11-12-19)15-5-7-16(20)8-6-15/h3-10,13H,11-12H2,1-2H3,(H,21,22). The molecular formula is C19H20BrNO3S. The van der Waals surface area contributed by atoms with Gasteiger partial charge in [-0.3, -0.25) is 4.79 Å². The van der Waals surface area contributed by atoms with Crippen LogP contribution >= 0.6 is 15.9 Å². The van der Waals surface area contributed by atoms with E-state index in [2.05, 4.69) is 21.2 Å². The lowest BCUT2D eigenvalue weighted by atomic mass is 9.94. The summed E-state index contributed by atoms with van der Waals surface area (Å²) < 4.78 is 24.1. The Labute approximate surface area is 156 Å². The first-order chi connectivity index (χ1) is 11.7. The molecule has 6 heteroatoms. The summed E-state index contributed by atoms with van der Waals surface area (Å²) in [4.78, 5) is 13.1. The summed E-state index contributed by atoms with van der Waals surface area (Å²) >= 11 is 3.42.